The molecule has 0 aliphatic carbocycles. The second kappa shape index (κ2) is 18.4. The predicted molar refractivity (Wildman–Crippen MR) is 220 cm³/mol. The number of halogens is 1. The predicted octanol–water partition coefficient (Wildman–Crippen LogP) is 8.77. The molecule has 0 radical (unpaired) electrons. The molecule has 3 N–H and O–H groups in total. The molecular formula is C42H39BrN4O5S2. The van der Waals surface area contributed by atoms with Gasteiger partial charge in [0.15, 0.2) is 0 Å². The number of nitrogens with zero attached hydrogens (tertiary/aromatic N) is 1. The Kier molecular flexibility index (Phi) is 13.2. The summed E-state index contributed by atoms with van der Waals surface area (Å²) < 4.78 is 5.99. The van der Waals surface area contributed by atoms with Crippen molar-refractivity contribution in [3.05, 3.63) is 152 Å². The highest BCUT2D eigenvalue weighted by atomic mass is 79.9. The average Bonchev–Trinajstić information content (AvgIpc) is 3.54. The highest BCUT2D eigenvalue weighted by Gasteiger charge is 2.30. The van der Waals surface area contributed by atoms with Gasteiger partial charge in [0, 0.05) is 45.1 Å². The molecule has 6 rings (SSSR count). The Hall–Kier alpha value is -5.01. The number of carbonyl (C=O) groups excluding carboxylic acids is 4. The van der Waals surface area contributed by atoms with Crippen LogP contribution in [-0.4, -0.2) is 47.5 Å². The van der Waals surface area contributed by atoms with Crippen LogP contribution in [0, 0.1) is 0 Å². The van der Waals surface area contributed by atoms with Crippen LogP contribution in [0.3, 0.4) is 0 Å². The Morgan fingerprint density at radius 1 is 0.926 bits per heavy atom. The summed E-state index contributed by atoms with van der Waals surface area (Å²) in [6.45, 7) is 4.19. The Balaban J connectivity index is 1.16. The number of thioether (sulfide) groups is 1. The van der Waals surface area contributed by atoms with Gasteiger partial charge in [-0.25, -0.2) is 4.79 Å². The molecule has 1 unspecified atom stereocenters. The van der Waals surface area contributed by atoms with Crippen molar-refractivity contribution in [1.29, 1.82) is 0 Å². The van der Waals surface area contributed by atoms with E-state index in [-0.39, 0.29) is 11.6 Å². The molecule has 1 aliphatic heterocycles. The van der Waals surface area contributed by atoms with E-state index in [2.05, 4.69) is 48.9 Å². The third-order valence-corrected chi connectivity index (χ3v) is 11.7. The molecule has 0 bridgehead atoms. The highest BCUT2D eigenvalue weighted by molar-refractivity contribution is 9.10. The zero-order valence-electron chi connectivity index (χ0n) is 29.8. The van der Waals surface area contributed by atoms with E-state index >= 15 is 0 Å². The van der Waals surface area contributed by atoms with Crippen LogP contribution in [0.1, 0.15) is 55.6 Å². The molecule has 0 saturated carbocycles. The Labute approximate surface area is 331 Å². The summed E-state index contributed by atoms with van der Waals surface area (Å²) in [4.78, 5) is 57.7. The zero-order chi connectivity index (χ0) is 38.0. The number of benzene rings is 4. The Bertz CT molecular complexity index is 2170. The van der Waals surface area contributed by atoms with Crippen LogP contribution in [0.5, 0.6) is 0 Å². The standard InChI is InChI=1S/C42H39BrN4O5S2/c1-3-35(40(50)46-41-37(42(51)52-2)33-20-21-47(26-36(33)54-41)25-27-12-6-4-7-13-27)53-32-19-11-18-31(24-32)44-39(49)34(23-28-14-10-17-30(43)22-28)45-38(48)29-15-8-5-9-16-29/h4-19,22-24,35H,3,20-21,25-26H2,1-2H3,(H,44,49)(H,45,48)(H,46,50)/b34-23+. The van der Waals surface area contributed by atoms with Gasteiger partial charge in [-0.3, -0.25) is 19.3 Å². The summed E-state index contributed by atoms with van der Waals surface area (Å²) in [6.07, 6.45) is 2.81. The lowest BCUT2D eigenvalue weighted by Crippen LogP contribution is -2.30. The largest absolute Gasteiger partial charge is 0.465 e. The van der Waals surface area contributed by atoms with Gasteiger partial charge in [-0.15, -0.1) is 23.1 Å². The second-order valence-electron chi connectivity index (χ2n) is 12.6. The number of methoxy groups -OCH3 is 1. The molecule has 1 aromatic heterocycles. The van der Waals surface area contributed by atoms with Crippen molar-refractivity contribution < 1.29 is 23.9 Å². The van der Waals surface area contributed by atoms with Crippen LogP contribution in [0.15, 0.2) is 124 Å². The number of anilines is 2. The monoisotopic (exact) mass is 822 g/mol. The fourth-order valence-corrected chi connectivity index (χ4v) is 8.78. The molecule has 276 valence electrons. The molecule has 1 atom stereocenters. The summed E-state index contributed by atoms with van der Waals surface area (Å²) in [5.41, 5.74) is 4.28. The molecule has 12 heteroatoms. The SMILES string of the molecule is CCC(Sc1cccc(NC(=O)/C(=C\c2cccc(Br)c2)NC(=O)c2ccccc2)c1)C(=O)Nc1sc2c(c1C(=O)OC)CCN(Cc1ccccc1)C2. The Morgan fingerprint density at radius 3 is 2.39 bits per heavy atom. The normalized spacial score (nSPS) is 13.4. The second-order valence-corrected chi connectivity index (χ2v) is 15.9. The van der Waals surface area contributed by atoms with E-state index in [4.69, 9.17) is 4.74 Å². The van der Waals surface area contributed by atoms with Crippen LogP contribution in [-0.2, 0) is 33.8 Å². The summed E-state index contributed by atoms with van der Waals surface area (Å²) >= 11 is 6.25. The van der Waals surface area contributed by atoms with Crippen LogP contribution in [0.2, 0.25) is 0 Å². The van der Waals surface area contributed by atoms with Gasteiger partial charge in [-0.05, 0) is 78.1 Å². The summed E-state index contributed by atoms with van der Waals surface area (Å²) in [5, 5.41) is 8.74. The van der Waals surface area contributed by atoms with E-state index in [9.17, 15) is 19.2 Å². The number of esters is 1. The first kappa shape index (κ1) is 38.7. The van der Waals surface area contributed by atoms with Gasteiger partial charge >= 0.3 is 5.97 Å². The molecule has 0 spiro atoms. The number of thiophene rings is 1. The van der Waals surface area contributed by atoms with E-state index in [1.54, 1.807) is 48.5 Å². The minimum absolute atomic E-state index is 0.0639. The van der Waals surface area contributed by atoms with Gasteiger partial charge in [0.2, 0.25) is 5.91 Å². The fraction of sp³-hybridized carbons (Fsp3) is 0.190. The smallest absolute Gasteiger partial charge is 0.341 e. The van der Waals surface area contributed by atoms with Gasteiger partial charge in [0.1, 0.15) is 10.7 Å². The van der Waals surface area contributed by atoms with E-state index in [0.29, 0.717) is 41.2 Å². The number of ether oxygens (including phenoxy) is 1. The molecule has 0 fully saturated rings. The van der Waals surface area contributed by atoms with Gasteiger partial charge in [0.05, 0.1) is 17.9 Å². The minimum atomic E-state index is -0.509. The van der Waals surface area contributed by atoms with E-state index < -0.39 is 23.0 Å². The van der Waals surface area contributed by atoms with Gasteiger partial charge in [0.25, 0.3) is 11.8 Å². The van der Waals surface area contributed by atoms with E-state index in [1.165, 1.54) is 35.8 Å². The van der Waals surface area contributed by atoms with Gasteiger partial charge in [-0.2, -0.15) is 0 Å². The first-order chi connectivity index (χ1) is 26.2. The van der Waals surface area contributed by atoms with Gasteiger partial charge in [-0.1, -0.05) is 89.6 Å². The maximum atomic E-state index is 13.8. The number of amides is 3. The molecule has 3 amide bonds. The molecule has 1 aliphatic rings. The third-order valence-electron chi connectivity index (χ3n) is 8.73. The van der Waals surface area contributed by atoms with Crippen molar-refractivity contribution >= 4 is 79.5 Å². The number of nitrogens with one attached hydrogen (secondary N) is 3. The molecular weight excluding hydrogens is 785 g/mol. The van der Waals surface area contributed by atoms with Gasteiger partial charge < -0.3 is 20.7 Å². The summed E-state index contributed by atoms with van der Waals surface area (Å²) in [6, 6.07) is 33.5. The fourth-order valence-electron chi connectivity index (χ4n) is 6.07. The number of hydrogen-bond acceptors (Lipinski definition) is 8. The maximum Gasteiger partial charge on any atom is 0.341 e. The minimum Gasteiger partial charge on any atom is -0.465 e. The van der Waals surface area contributed by atoms with Crippen molar-refractivity contribution in [2.45, 2.75) is 43.0 Å². The quantitative estimate of drug-likeness (QED) is 0.0618. The maximum absolute atomic E-state index is 13.8. The molecule has 9 nitrogen and oxygen atoms in total. The molecule has 54 heavy (non-hydrogen) atoms. The lowest BCUT2D eigenvalue weighted by atomic mass is 10.0. The zero-order valence-corrected chi connectivity index (χ0v) is 33.0. The first-order valence-electron chi connectivity index (χ1n) is 17.4. The molecule has 4 aromatic carbocycles. The summed E-state index contributed by atoms with van der Waals surface area (Å²) in [5.74, 6) is -1.62. The third kappa shape index (κ3) is 9.94. The van der Waals surface area contributed by atoms with Crippen molar-refractivity contribution in [1.82, 2.24) is 10.2 Å². The van der Waals surface area contributed by atoms with Crippen LogP contribution in [0.4, 0.5) is 10.7 Å². The van der Waals surface area contributed by atoms with Crippen LogP contribution >= 0.6 is 39.0 Å². The topological polar surface area (TPSA) is 117 Å². The molecule has 2 heterocycles. The lowest BCUT2D eigenvalue weighted by molar-refractivity contribution is -0.116. The van der Waals surface area contributed by atoms with E-state index in [1.807, 2.05) is 61.5 Å². The van der Waals surface area contributed by atoms with Crippen molar-refractivity contribution in [2.75, 3.05) is 24.3 Å². The highest BCUT2D eigenvalue weighted by Crippen LogP contribution is 2.39. The van der Waals surface area contributed by atoms with Crippen LogP contribution in [0.25, 0.3) is 6.08 Å². The molecule has 0 saturated heterocycles. The first-order valence-corrected chi connectivity index (χ1v) is 19.9. The Morgan fingerprint density at radius 2 is 1.67 bits per heavy atom. The number of rotatable bonds is 13. The van der Waals surface area contributed by atoms with Crippen molar-refractivity contribution in [2.24, 2.45) is 0 Å². The summed E-state index contributed by atoms with van der Waals surface area (Å²) in [7, 11) is 1.36. The van der Waals surface area contributed by atoms with Crippen LogP contribution < -0.4 is 16.0 Å². The lowest BCUT2D eigenvalue weighted by Gasteiger charge is -2.27. The van der Waals surface area contributed by atoms with E-state index in [0.717, 1.165) is 38.5 Å². The number of carbonyl (C=O) groups is 4. The average molecular weight is 824 g/mol. The van der Waals surface area contributed by atoms with Crippen molar-refractivity contribution in [3.8, 4) is 0 Å². The molecule has 5 aromatic rings. The number of hydrogen-bond donors (Lipinski definition) is 3. The number of fused-ring (bicyclic) bond motifs is 1. The van der Waals surface area contributed by atoms with Crippen molar-refractivity contribution in [3.63, 3.8) is 0 Å².